The van der Waals surface area contributed by atoms with Crippen LogP contribution >= 0.6 is 0 Å². The van der Waals surface area contributed by atoms with Crippen LogP contribution < -0.4 is 11.1 Å². The quantitative estimate of drug-likeness (QED) is 0.599. The van der Waals surface area contributed by atoms with Crippen molar-refractivity contribution in [2.75, 3.05) is 13.2 Å². The van der Waals surface area contributed by atoms with Crippen molar-refractivity contribution >= 4 is 5.91 Å². The van der Waals surface area contributed by atoms with Crippen LogP contribution in [0.4, 0.5) is 0 Å². The van der Waals surface area contributed by atoms with E-state index in [1.807, 2.05) is 6.92 Å². The third-order valence-corrected chi connectivity index (χ3v) is 3.46. The summed E-state index contributed by atoms with van der Waals surface area (Å²) in [6.45, 7) is 2.55. The predicted octanol–water partition coefficient (Wildman–Crippen LogP) is 0.393. The van der Waals surface area contributed by atoms with Gasteiger partial charge in [-0.05, 0) is 31.2 Å². The summed E-state index contributed by atoms with van der Waals surface area (Å²) in [4.78, 5) is 11.7. The number of amides is 1. The highest BCUT2D eigenvalue weighted by molar-refractivity contribution is 5.77. The monoisotopic (exact) mass is 214 g/mol. The molecule has 1 unspecified atom stereocenters. The van der Waals surface area contributed by atoms with Gasteiger partial charge in [0.05, 0.1) is 12.6 Å². The van der Waals surface area contributed by atoms with Gasteiger partial charge in [0.15, 0.2) is 0 Å². The molecule has 1 rings (SSSR count). The molecule has 1 amide bonds. The van der Waals surface area contributed by atoms with Crippen LogP contribution in [0.5, 0.6) is 0 Å². The highest BCUT2D eigenvalue weighted by atomic mass is 16.3. The van der Waals surface area contributed by atoms with Gasteiger partial charge in [0.25, 0.3) is 0 Å². The maximum absolute atomic E-state index is 11.7. The molecule has 0 aromatic carbocycles. The highest BCUT2D eigenvalue weighted by Crippen LogP contribution is 2.42. The summed E-state index contributed by atoms with van der Waals surface area (Å²) in [7, 11) is 0. The van der Waals surface area contributed by atoms with E-state index < -0.39 is 0 Å². The van der Waals surface area contributed by atoms with Gasteiger partial charge in [-0.25, -0.2) is 0 Å². The minimum atomic E-state index is -0.104. The zero-order valence-corrected chi connectivity index (χ0v) is 9.46. The number of aliphatic hydroxyl groups excluding tert-OH is 1. The average molecular weight is 214 g/mol. The molecule has 0 heterocycles. The van der Waals surface area contributed by atoms with Crippen LogP contribution in [0.3, 0.4) is 0 Å². The van der Waals surface area contributed by atoms with Gasteiger partial charge in [0, 0.05) is 6.42 Å². The molecule has 1 fully saturated rings. The lowest BCUT2D eigenvalue weighted by Crippen LogP contribution is -2.44. The van der Waals surface area contributed by atoms with E-state index in [1.165, 1.54) is 6.42 Å². The lowest BCUT2D eigenvalue weighted by molar-refractivity contribution is -0.125. The first-order valence-electron chi connectivity index (χ1n) is 5.76. The van der Waals surface area contributed by atoms with E-state index >= 15 is 0 Å². The topological polar surface area (TPSA) is 75.3 Å². The van der Waals surface area contributed by atoms with E-state index in [1.54, 1.807) is 0 Å². The van der Waals surface area contributed by atoms with Gasteiger partial charge in [0.1, 0.15) is 0 Å². The molecule has 1 atom stereocenters. The molecule has 0 bridgehead atoms. The van der Waals surface area contributed by atoms with Gasteiger partial charge in [0.2, 0.25) is 5.91 Å². The van der Waals surface area contributed by atoms with Gasteiger partial charge in [-0.2, -0.15) is 0 Å². The highest BCUT2D eigenvalue weighted by Gasteiger charge is 2.37. The zero-order chi connectivity index (χ0) is 11.3. The molecule has 1 aliphatic rings. The molecule has 0 radical (unpaired) electrons. The van der Waals surface area contributed by atoms with Crippen LogP contribution in [0.2, 0.25) is 0 Å². The Kier molecular flexibility index (Phi) is 4.54. The van der Waals surface area contributed by atoms with Crippen LogP contribution in [0, 0.1) is 5.41 Å². The fourth-order valence-corrected chi connectivity index (χ4v) is 2.03. The average Bonchev–Trinajstić information content (AvgIpc) is 2.20. The number of carbonyl (C=O) groups is 1. The van der Waals surface area contributed by atoms with E-state index in [-0.39, 0.29) is 24.0 Å². The Labute approximate surface area is 91.2 Å². The summed E-state index contributed by atoms with van der Waals surface area (Å²) in [5.74, 6) is 0.0288. The SMILES string of the molecule is CCC(CO)NC(=O)CC1(CN)CCC1. The van der Waals surface area contributed by atoms with Crippen molar-refractivity contribution in [3.05, 3.63) is 0 Å². The summed E-state index contributed by atoms with van der Waals surface area (Å²) < 4.78 is 0. The Hall–Kier alpha value is -0.610. The standard InChI is InChI=1S/C11H22N2O2/c1-2-9(7-14)13-10(15)6-11(8-12)4-3-5-11/h9,14H,2-8,12H2,1H3,(H,13,15). The van der Waals surface area contributed by atoms with Crippen molar-refractivity contribution < 1.29 is 9.90 Å². The molecule has 0 saturated heterocycles. The third-order valence-electron chi connectivity index (χ3n) is 3.46. The molecule has 88 valence electrons. The van der Waals surface area contributed by atoms with Gasteiger partial charge in [-0.15, -0.1) is 0 Å². The number of nitrogens with two attached hydrogens (primary N) is 1. The summed E-state index contributed by atoms with van der Waals surface area (Å²) in [6, 6.07) is -0.104. The summed E-state index contributed by atoms with van der Waals surface area (Å²) in [6.07, 6.45) is 4.58. The number of aliphatic hydroxyl groups is 1. The molecule has 15 heavy (non-hydrogen) atoms. The van der Waals surface area contributed by atoms with E-state index in [0.717, 1.165) is 19.3 Å². The largest absolute Gasteiger partial charge is 0.394 e. The van der Waals surface area contributed by atoms with Crippen LogP contribution in [0.15, 0.2) is 0 Å². The van der Waals surface area contributed by atoms with Gasteiger partial charge >= 0.3 is 0 Å². The van der Waals surface area contributed by atoms with Gasteiger partial charge in [-0.3, -0.25) is 4.79 Å². The molecule has 0 aliphatic heterocycles. The molecule has 0 aromatic heterocycles. The molecular weight excluding hydrogens is 192 g/mol. The Morgan fingerprint density at radius 1 is 1.60 bits per heavy atom. The van der Waals surface area contributed by atoms with Crippen molar-refractivity contribution in [2.45, 2.75) is 45.1 Å². The van der Waals surface area contributed by atoms with Crippen LogP contribution in [0.1, 0.15) is 39.0 Å². The number of carbonyl (C=O) groups excluding carboxylic acids is 1. The molecule has 4 N–H and O–H groups in total. The van der Waals surface area contributed by atoms with Crippen LogP contribution in [-0.2, 0) is 4.79 Å². The Morgan fingerprint density at radius 2 is 2.27 bits per heavy atom. The fourth-order valence-electron chi connectivity index (χ4n) is 2.03. The summed E-state index contributed by atoms with van der Waals surface area (Å²) >= 11 is 0. The molecule has 1 saturated carbocycles. The number of hydrogen-bond donors (Lipinski definition) is 3. The zero-order valence-electron chi connectivity index (χ0n) is 9.46. The second kappa shape index (κ2) is 5.47. The first kappa shape index (κ1) is 12.5. The molecule has 0 aromatic rings. The lowest BCUT2D eigenvalue weighted by Gasteiger charge is -2.40. The Bertz CT molecular complexity index is 205. The molecule has 1 aliphatic carbocycles. The number of hydrogen-bond acceptors (Lipinski definition) is 3. The summed E-state index contributed by atoms with van der Waals surface area (Å²) in [5, 5.41) is 11.8. The Morgan fingerprint density at radius 3 is 2.60 bits per heavy atom. The fraction of sp³-hybridized carbons (Fsp3) is 0.909. The summed E-state index contributed by atoms with van der Waals surface area (Å²) in [5.41, 5.74) is 5.74. The molecule has 4 heteroatoms. The van der Waals surface area contributed by atoms with Crippen LogP contribution in [-0.4, -0.2) is 30.2 Å². The Balaban J connectivity index is 2.34. The van der Waals surface area contributed by atoms with E-state index in [0.29, 0.717) is 13.0 Å². The number of rotatable bonds is 6. The molecule has 4 nitrogen and oxygen atoms in total. The minimum absolute atomic E-state index is 0.0118. The number of nitrogens with one attached hydrogen (secondary N) is 1. The lowest BCUT2D eigenvalue weighted by atomic mass is 9.66. The first-order chi connectivity index (χ1) is 7.15. The maximum atomic E-state index is 11.7. The minimum Gasteiger partial charge on any atom is -0.394 e. The van der Waals surface area contributed by atoms with Crippen molar-refractivity contribution in [1.82, 2.24) is 5.32 Å². The van der Waals surface area contributed by atoms with Crippen molar-refractivity contribution in [3.8, 4) is 0 Å². The van der Waals surface area contributed by atoms with Gasteiger partial charge in [-0.1, -0.05) is 13.3 Å². The van der Waals surface area contributed by atoms with Crippen molar-refractivity contribution in [2.24, 2.45) is 11.1 Å². The molecular formula is C11H22N2O2. The second-order valence-corrected chi connectivity index (χ2v) is 4.59. The normalized spacial score (nSPS) is 20.5. The van der Waals surface area contributed by atoms with Gasteiger partial charge < -0.3 is 16.2 Å². The predicted molar refractivity (Wildman–Crippen MR) is 59.3 cm³/mol. The smallest absolute Gasteiger partial charge is 0.220 e. The van der Waals surface area contributed by atoms with E-state index in [9.17, 15) is 4.79 Å². The van der Waals surface area contributed by atoms with Crippen molar-refractivity contribution in [3.63, 3.8) is 0 Å². The van der Waals surface area contributed by atoms with E-state index in [4.69, 9.17) is 10.8 Å². The van der Waals surface area contributed by atoms with Crippen LogP contribution in [0.25, 0.3) is 0 Å². The molecule has 0 spiro atoms. The maximum Gasteiger partial charge on any atom is 0.220 e. The third kappa shape index (κ3) is 3.18. The van der Waals surface area contributed by atoms with Crippen molar-refractivity contribution in [1.29, 1.82) is 0 Å². The second-order valence-electron chi connectivity index (χ2n) is 4.59. The van der Waals surface area contributed by atoms with E-state index in [2.05, 4.69) is 5.32 Å². The first-order valence-corrected chi connectivity index (χ1v) is 5.76.